The summed E-state index contributed by atoms with van der Waals surface area (Å²) in [7, 11) is 0. The monoisotopic (exact) mass is 255 g/mol. The Hall–Kier alpha value is -1.46. The van der Waals surface area contributed by atoms with Crippen LogP contribution in [0.2, 0.25) is 5.02 Å². The number of nitrogens with one attached hydrogen (secondary N) is 1. The van der Waals surface area contributed by atoms with Crippen molar-refractivity contribution in [1.82, 2.24) is 15.5 Å². The Morgan fingerprint density at radius 3 is 2.82 bits per heavy atom. The Balaban J connectivity index is 1.89. The molecule has 1 aromatic carbocycles. The van der Waals surface area contributed by atoms with Gasteiger partial charge in [0.2, 0.25) is 5.89 Å². The lowest BCUT2D eigenvalue weighted by Gasteiger charge is -2.03. The second kappa shape index (κ2) is 5.25. The fraction of sp³-hybridized carbons (Fsp3) is 0.273. The second-order valence-corrected chi connectivity index (χ2v) is 4.05. The van der Waals surface area contributed by atoms with Crippen LogP contribution in [0.25, 0.3) is 0 Å². The van der Waals surface area contributed by atoms with E-state index in [1.807, 2.05) is 0 Å². The third kappa shape index (κ3) is 3.51. The fourth-order valence-corrected chi connectivity index (χ4v) is 1.68. The van der Waals surface area contributed by atoms with Crippen molar-refractivity contribution < 1.29 is 8.91 Å². The minimum Gasteiger partial charge on any atom is -0.338 e. The molecule has 0 saturated heterocycles. The molecule has 0 aliphatic carbocycles. The molecule has 0 saturated carbocycles. The topological polar surface area (TPSA) is 51.0 Å². The molecule has 4 nitrogen and oxygen atoms in total. The van der Waals surface area contributed by atoms with Crippen LogP contribution in [0.15, 0.2) is 22.7 Å². The van der Waals surface area contributed by atoms with Gasteiger partial charge in [0.1, 0.15) is 5.82 Å². The number of benzene rings is 1. The number of nitrogens with zero attached hydrogens (tertiary/aromatic N) is 2. The molecule has 0 amide bonds. The summed E-state index contributed by atoms with van der Waals surface area (Å²) in [5.74, 6) is 0.753. The average Bonchev–Trinajstić information content (AvgIpc) is 2.63. The molecule has 0 spiro atoms. The zero-order chi connectivity index (χ0) is 12.3. The molecule has 6 heteroatoms. The number of hydrogen-bond donors (Lipinski definition) is 1. The normalized spacial score (nSPS) is 10.8. The molecular weight excluding hydrogens is 245 g/mol. The van der Waals surface area contributed by atoms with Gasteiger partial charge in [-0.15, -0.1) is 0 Å². The molecule has 2 rings (SSSR count). The van der Waals surface area contributed by atoms with E-state index in [4.69, 9.17) is 16.1 Å². The van der Waals surface area contributed by atoms with Crippen molar-refractivity contribution in [3.05, 3.63) is 46.3 Å². The maximum Gasteiger partial charge on any atom is 0.240 e. The van der Waals surface area contributed by atoms with Crippen LogP contribution in [-0.2, 0) is 13.1 Å². The van der Waals surface area contributed by atoms with Crippen LogP contribution >= 0.6 is 11.6 Å². The van der Waals surface area contributed by atoms with E-state index in [0.717, 1.165) is 5.56 Å². The molecule has 1 aromatic heterocycles. The van der Waals surface area contributed by atoms with Crippen molar-refractivity contribution in [3.63, 3.8) is 0 Å². The van der Waals surface area contributed by atoms with Gasteiger partial charge in [-0.1, -0.05) is 16.8 Å². The minimum absolute atomic E-state index is 0.345. The molecule has 90 valence electrons. The van der Waals surface area contributed by atoms with Gasteiger partial charge < -0.3 is 9.84 Å². The molecule has 2 aromatic rings. The number of aromatic nitrogens is 2. The van der Waals surface area contributed by atoms with Crippen molar-refractivity contribution in [2.45, 2.75) is 20.0 Å². The van der Waals surface area contributed by atoms with Gasteiger partial charge in [-0.2, -0.15) is 4.98 Å². The molecule has 0 atom stereocenters. The summed E-state index contributed by atoms with van der Waals surface area (Å²) in [5, 5.41) is 7.11. The number of halogens is 2. The predicted octanol–water partition coefficient (Wildman–Crippen LogP) is 2.46. The van der Waals surface area contributed by atoms with Gasteiger partial charge in [-0.05, 0) is 30.7 Å². The molecular formula is C11H11ClFN3O. The Morgan fingerprint density at radius 2 is 2.18 bits per heavy atom. The maximum atomic E-state index is 13.0. The number of rotatable bonds is 4. The summed E-state index contributed by atoms with van der Waals surface area (Å²) >= 11 is 5.74. The van der Waals surface area contributed by atoms with Crippen molar-refractivity contribution in [2.75, 3.05) is 0 Å². The van der Waals surface area contributed by atoms with Gasteiger partial charge in [0, 0.05) is 11.6 Å². The minimum atomic E-state index is -0.345. The predicted molar refractivity (Wildman–Crippen MR) is 61.0 cm³/mol. The summed E-state index contributed by atoms with van der Waals surface area (Å²) in [4.78, 5) is 4.04. The van der Waals surface area contributed by atoms with Crippen molar-refractivity contribution in [3.8, 4) is 0 Å². The van der Waals surface area contributed by atoms with Gasteiger partial charge in [0.05, 0.1) is 6.54 Å². The standard InChI is InChI=1S/C11H11ClFN3O/c1-7-15-11(17-16-7)6-14-5-8-2-9(12)4-10(13)3-8/h2-4,14H,5-6H2,1H3. The van der Waals surface area contributed by atoms with Crippen molar-refractivity contribution in [1.29, 1.82) is 0 Å². The number of aryl methyl sites for hydroxylation is 1. The van der Waals surface area contributed by atoms with E-state index >= 15 is 0 Å². The quantitative estimate of drug-likeness (QED) is 0.912. The Labute approximate surface area is 103 Å². The Morgan fingerprint density at radius 1 is 1.35 bits per heavy atom. The molecule has 0 fully saturated rings. The van der Waals surface area contributed by atoms with E-state index in [2.05, 4.69) is 15.5 Å². The molecule has 0 radical (unpaired) electrons. The van der Waals surface area contributed by atoms with E-state index < -0.39 is 0 Å². The van der Waals surface area contributed by atoms with E-state index in [1.165, 1.54) is 12.1 Å². The van der Waals surface area contributed by atoms with Crippen molar-refractivity contribution in [2.24, 2.45) is 0 Å². The zero-order valence-electron chi connectivity index (χ0n) is 9.20. The van der Waals surface area contributed by atoms with Gasteiger partial charge in [0.15, 0.2) is 5.82 Å². The van der Waals surface area contributed by atoms with Crippen LogP contribution in [0.4, 0.5) is 4.39 Å². The van der Waals surface area contributed by atoms with Gasteiger partial charge in [-0.3, -0.25) is 0 Å². The summed E-state index contributed by atoms with van der Waals surface area (Å²) in [6, 6.07) is 4.40. The first-order valence-corrected chi connectivity index (χ1v) is 5.46. The van der Waals surface area contributed by atoms with Crippen LogP contribution in [-0.4, -0.2) is 10.1 Å². The van der Waals surface area contributed by atoms with Crippen molar-refractivity contribution >= 4 is 11.6 Å². The zero-order valence-corrected chi connectivity index (χ0v) is 9.96. The van der Waals surface area contributed by atoms with Crippen LogP contribution in [0.5, 0.6) is 0 Å². The highest BCUT2D eigenvalue weighted by atomic mass is 35.5. The lowest BCUT2D eigenvalue weighted by atomic mass is 10.2. The summed E-state index contributed by atoms with van der Waals surface area (Å²) < 4.78 is 18.0. The molecule has 1 N–H and O–H groups in total. The Kier molecular flexibility index (Phi) is 3.71. The molecule has 0 bridgehead atoms. The largest absolute Gasteiger partial charge is 0.338 e. The van der Waals surface area contributed by atoms with Gasteiger partial charge >= 0.3 is 0 Å². The smallest absolute Gasteiger partial charge is 0.240 e. The first-order chi connectivity index (χ1) is 8.13. The number of hydrogen-bond acceptors (Lipinski definition) is 4. The third-order valence-electron chi connectivity index (χ3n) is 2.10. The van der Waals surface area contributed by atoms with Gasteiger partial charge in [-0.25, -0.2) is 4.39 Å². The van der Waals surface area contributed by atoms with E-state index in [-0.39, 0.29) is 5.82 Å². The molecule has 1 heterocycles. The highest BCUT2D eigenvalue weighted by molar-refractivity contribution is 6.30. The van der Waals surface area contributed by atoms with Crippen LogP contribution in [0.3, 0.4) is 0 Å². The summed E-state index contributed by atoms with van der Waals surface area (Å²) in [6.45, 7) is 2.67. The first-order valence-electron chi connectivity index (χ1n) is 5.08. The van der Waals surface area contributed by atoms with Crippen LogP contribution in [0, 0.1) is 12.7 Å². The van der Waals surface area contributed by atoms with Crippen LogP contribution in [0.1, 0.15) is 17.3 Å². The van der Waals surface area contributed by atoms with E-state index in [9.17, 15) is 4.39 Å². The fourth-order valence-electron chi connectivity index (χ4n) is 1.44. The molecule has 0 aliphatic rings. The van der Waals surface area contributed by atoms with E-state index in [0.29, 0.717) is 29.8 Å². The molecule has 0 unspecified atom stereocenters. The van der Waals surface area contributed by atoms with E-state index in [1.54, 1.807) is 13.0 Å². The lowest BCUT2D eigenvalue weighted by molar-refractivity contribution is 0.364. The highest BCUT2D eigenvalue weighted by Crippen LogP contribution is 2.13. The summed E-state index contributed by atoms with van der Waals surface area (Å²) in [5.41, 5.74) is 0.770. The SMILES string of the molecule is Cc1noc(CNCc2cc(F)cc(Cl)c2)n1. The van der Waals surface area contributed by atoms with Crippen LogP contribution < -0.4 is 5.32 Å². The van der Waals surface area contributed by atoms with Gasteiger partial charge in [0.25, 0.3) is 0 Å². The molecule has 0 aliphatic heterocycles. The second-order valence-electron chi connectivity index (χ2n) is 3.62. The first kappa shape index (κ1) is 12.0. The third-order valence-corrected chi connectivity index (χ3v) is 2.32. The maximum absolute atomic E-state index is 13.0. The average molecular weight is 256 g/mol. The lowest BCUT2D eigenvalue weighted by Crippen LogP contribution is -2.13. The Bertz CT molecular complexity index is 495. The molecule has 17 heavy (non-hydrogen) atoms. The highest BCUT2D eigenvalue weighted by Gasteiger charge is 2.03. The summed E-state index contributed by atoms with van der Waals surface area (Å²) in [6.07, 6.45) is 0.